The lowest BCUT2D eigenvalue weighted by molar-refractivity contribution is -0.138. The zero-order valence-electron chi connectivity index (χ0n) is 39.3. The quantitative estimate of drug-likeness (QED) is 0.0373. The summed E-state index contributed by atoms with van der Waals surface area (Å²) in [5.41, 5.74) is -0.374. The minimum atomic E-state index is -0.625. The third-order valence-electron chi connectivity index (χ3n) is 14.2. The zero-order valence-corrected chi connectivity index (χ0v) is 39.3. The molecule has 1 aliphatic heterocycles. The van der Waals surface area contributed by atoms with Gasteiger partial charge >= 0.3 is 0 Å². The molecule has 1 saturated heterocycles. The Labute approximate surface area is 355 Å². The van der Waals surface area contributed by atoms with Gasteiger partial charge in [-0.2, -0.15) is 0 Å². The van der Waals surface area contributed by atoms with Gasteiger partial charge in [-0.1, -0.05) is 206 Å². The molecular weight excluding hydrogens is 701 g/mol. The van der Waals surface area contributed by atoms with Crippen LogP contribution in [0.3, 0.4) is 0 Å². The fourth-order valence-corrected chi connectivity index (χ4v) is 9.91. The first kappa shape index (κ1) is 52.0. The second-order valence-corrected chi connectivity index (χ2v) is 20.1. The average molecular weight is 801 g/mol. The van der Waals surface area contributed by atoms with Crippen molar-refractivity contribution in [1.82, 2.24) is 21.3 Å². The van der Waals surface area contributed by atoms with Crippen LogP contribution < -0.4 is 21.3 Å². The van der Waals surface area contributed by atoms with Gasteiger partial charge in [0.2, 0.25) is 11.8 Å². The maximum absolute atomic E-state index is 13.9. The van der Waals surface area contributed by atoms with Crippen molar-refractivity contribution in [3.05, 3.63) is 0 Å². The molecule has 1 heterocycles. The molecule has 6 nitrogen and oxygen atoms in total. The Morgan fingerprint density at radius 2 is 0.754 bits per heavy atom. The van der Waals surface area contributed by atoms with Crippen molar-refractivity contribution in [2.45, 2.75) is 289 Å². The van der Waals surface area contributed by atoms with Gasteiger partial charge in [0.1, 0.15) is 5.92 Å². The van der Waals surface area contributed by atoms with E-state index >= 15 is 0 Å². The van der Waals surface area contributed by atoms with Gasteiger partial charge in [0, 0.05) is 24.2 Å². The van der Waals surface area contributed by atoms with Crippen LogP contribution in [-0.4, -0.2) is 41.6 Å². The van der Waals surface area contributed by atoms with E-state index in [1.165, 1.54) is 180 Å². The molecular formula is C51H100N4O2. The normalized spacial score (nSPS) is 18.4. The molecule has 0 bridgehead atoms. The monoisotopic (exact) mass is 801 g/mol. The zero-order chi connectivity index (χ0) is 41.5. The molecule has 1 atom stereocenters. The molecule has 1 saturated carbocycles. The summed E-state index contributed by atoms with van der Waals surface area (Å²) >= 11 is 0. The van der Waals surface area contributed by atoms with E-state index in [2.05, 4.69) is 62.8 Å². The van der Waals surface area contributed by atoms with E-state index in [1.807, 2.05) is 0 Å². The summed E-state index contributed by atoms with van der Waals surface area (Å²) in [6, 6.07) is 0. The number of hydrogen-bond donors (Lipinski definition) is 4. The summed E-state index contributed by atoms with van der Waals surface area (Å²) in [4.78, 5) is 27.7. The van der Waals surface area contributed by atoms with Crippen LogP contribution in [0.5, 0.6) is 0 Å². The Morgan fingerprint density at radius 3 is 1.05 bits per heavy atom. The SMILES string of the molecule is CCCCCCCCCCCCCCCCCCNC(=O)C(C(=O)NCCCCCCCCCCCCCCCCCC)C1CCCC2(C1)NC(C)(C)C(C)(C)N2. The van der Waals surface area contributed by atoms with Crippen molar-refractivity contribution in [2.75, 3.05) is 13.1 Å². The van der Waals surface area contributed by atoms with Crippen molar-refractivity contribution < 1.29 is 9.59 Å². The average Bonchev–Trinajstić information content (AvgIpc) is 3.35. The highest BCUT2D eigenvalue weighted by atomic mass is 16.2. The second kappa shape index (κ2) is 31.7. The molecule has 1 spiro atoms. The molecule has 2 amide bonds. The van der Waals surface area contributed by atoms with E-state index in [0.29, 0.717) is 13.1 Å². The van der Waals surface area contributed by atoms with Gasteiger partial charge in [0.25, 0.3) is 0 Å². The number of carbonyl (C=O) groups is 2. The summed E-state index contributed by atoms with van der Waals surface area (Å²) in [6.45, 7) is 15.0. The summed E-state index contributed by atoms with van der Waals surface area (Å²) in [6.07, 6.45) is 46.7. The molecule has 57 heavy (non-hydrogen) atoms. The molecule has 1 aliphatic carbocycles. The lowest BCUT2D eigenvalue weighted by Crippen LogP contribution is -2.57. The predicted molar refractivity (Wildman–Crippen MR) is 248 cm³/mol. The highest BCUT2D eigenvalue weighted by Gasteiger charge is 2.55. The molecule has 2 rings (SSSR count). The maximum Gasteiger partial charge on any atom is 0.232 e. The first-order chi connectivity index (χ1) is 27.6. The van der Waals surface area contributed by atoms with Crippen LogP contribution in [0.15, 0.2) is 0 Å². The lowest BCUT2D eigenvalue weighted by Gasteiger charge is -2.41. The van der Waals surface area contributed by atoms with E-state index in [-0.39, 0.29) is 34.5 Å². The number of unbranched alkanes of at least 4 members (excludes halogenated alkanes) is 30. The highest BCUT2D eigenvalue weighted by molar-refractivity contribution is 6.00. The van der Waals surface area contributed by atoms with Crippen LogP contribution in [0.1, 0.15) is 273 Å². The van der Waals surface area contributed by atoms with E-state index in [4.69, 9.17) is 0 Å². The largest absolute Gasteiger partial charge is 0.355 e. The summed E-state index contributed by atoms with van der Waals surface area (Å²) in [5, 5.41) is 14.3. The van der Waals surface area contributed by atoms with Crippen molar-refractivity contribution >= 4 is 11.8 Å². The van der Waals surface area contributed by atoms with E-state index < -0.39 is 5.92 Å². The van der Waals surface area contributed by atoms with Gasteiger partial charge in [-0.3, -0.25) is 20.2 Å². The van der Waals surface area contributed by atoms with E-state index in [0.717, 1.165) is 51.4 Å². The molecule has 0 aromatic carbocycles. The molecule has 0 aromatic heterocycles. The van der Waals surface area contributed by atoms with Crippen LogP contribution >= 0.6 is 0 Å². The summed E-state index contributed by atoms with van der Waals surface area (Å²) in [5.74, 6) is -0.710. The minimum absolute atomic E-state index is 0.0278. The third-order valence-corrected chi connectivity index (χ3v) is 14.2. The Balaban J connectivity index is 1.66. The van der Waals surface area contributed by atoms with E-state index in [1.54, 1.807) is 0 Å². The molecule has 6 heteroatoms. The smallest absolute Gasteiger partial charge is 0.232 e. The van der Waals surface area contributed by atoms with Crippen LogP contribution in [0.25, 0.3) is 0 Å². The number of hydrogen-bond acceptors (Lipinski definition) is 4. The Bertz CT molecular complexity index is 930. The van der Waals surface area contributed by atoms with Crippen LogP contribution in [0.2, 0.25) is 0 Å². The first-order valence-corrected chi connectivity index (χ1v) is 25.7. The molecule has 1 unspecified atom stereocenters. The van der Waals surface area contributed by atoms with Crippen LogP contribution in [0.4, 0.5) is 0 Å². The van der Waals surface area contributed by atoms with Crippen LogP contribution in [-0.2, 0) is 9.59 Å². The van der Waals surface area contributed by atoms with Gasteiger partial charge in [-0.05, 0) is 72.1 Å². The highest BCUT2D eigenvalue weighted by Crippen LogP contribution is 2.43. The Hall–Kier alpha value is -1.14. The summed E-state index contributed by atoms with van der Waals surface area (Å²) in [7, 11) is 0. The second-order valence-electron chi connectivity index (χ2n) is 20.1. The topological polar surface area (TPSA) is 82.3 Å². The molecule has 4 N–H and O–H groups in total. The van der Waals surface area contributed by atoms with Crippen molar-refractivity contribution in [1.29, 1.82) is 0 Å². The molecule has 2 aliphatic rings. The van der Waals surface area contributed by atoms with Crippen molar-refractivity contribution in [3.8, 4) is 0 Å². The molecule has 2 fully saturated rings. The third kappa shape index (κ3) is 22.9. The number of amides is 2. The number of carbonyl (C=O) groups excluding carboxylic acids is 2. The molecule has 0 aromatic rings. The number of rotatable bonds is 37. The van der Waals surface area contributed by atoms with E-state index in [9.17, 15) is 9.59 Å². The Kier molecular flexibility index (Phi) is 28.9. The first-order valence-electron chi connectivity index (χ1n) is 25.7. The van der Waals surface area contributed by atoms with Gasteiger partial charge < -0.3 is 10.6 Å². The van der Waals surface area contributed by atoms with Crippen LogP contribution in [0, 0.1) is 11.8 Å². The summed E-state index contributed by atoms with van der Waals surface area (Å²) < 4.78 is 0. The van der Waals surface area contributed by atoms with Crippen molar-refractivity contribution in [2.24, 2.45) is 11.8 Å². The standard InChI is InChI=1S/C51H100N4O2/c1-7-9-11-13-15-17-19-21-23-25-27-29-31-33-35-37-42-52-47(56)46(45-40-39-41-51(44-45)54-49(3,4)50(5,6)55-51)48(57)53-43-38-36-34-32-30-28-26-24-22-20-18-16-14-12-10-8-2/h45-46,54-55H,7-44H2,1-6H3,(H,52,56)(H,53,57). The fraction of sp³-hybridized carbons (Fsp3) is 0.961. The van der Waals surface area contributed by atoms with Gasteiger partial charge in [0.05, 0.1) is 5.66 Å². The fourth-order valence-electron chi connectivity index (χ4n) is 9.91. The van der Waals surface area contributed by atoms with Gasteiger partial charge in [0.15, 0.2) is 0 Å². The van der Waals surface area contributed by atoms with Crippen molar-refractivity contribution in [3.63, 3.8) is 0 Å². The molecule has 0 radical (unpaired) electrons. The van der Waals surface area contributed by atoms with Gasteiger partial charge in [-0.15, -0.1) is 0 Å². The Morgan fingerprint density at radius 1 is 0.474 bits per heavy atom. The number of nitrogens with one attached hydrogen (secondary N) is 4. The van der Waals surface area contributed by atoms with Gasteiger partial charge in [-0.25, -0.2) is 0 Å². The maximum atomic E-state index is 13.9. The molecule has 336 valence electrons. The minimum Gasteiger partial charge on any atom is -0.355 e. The predicted octanol–water partition coefficient (Wildman–Crippen LogP) is 14.0. The lowest BCUT2D eigenvalue weighted by atomic mass is 9.74.